The summed E-state index contributed by atoms with van der Waals surface area (Å²) in [5.74, 6) is -1.81. The topological polar surface area (TPSA) is 9.23 Å². The lowest BCUT2D eigenvalue weighted by molar-refractivity contribution is -0.304. The third-order valence-corrected chi connectivity index (χ3v) is 1.24. The summed E-state index contributed by atoms with van der Waals surface area (Å²) in [5.41, 5.74) is 0.508. The van der Waals surface area contributed by atoms with Crippen molar-refractivity contribution >= 4 is 0 Å². The summed E-state index contributed by atoms with van der Waals surface area (Å²) in [5, 5.41) is 0. The molecule has 15 heavy (non-hydrogen) atoms. The largest absolute Gasteiger partial charge is 0.573 e. The van der Waals surface area contributed by atoms with Crippen molar-refractivity contribution in [3.63, 3.8) is 0 Å². The normalized spacial score (nSPS) is 12.9. The van der Waals surface area contributed by atoms with E-state index >= 15 is 0 Å². The van der Waals surface area contributed by atoms with Crippen LogP contribution in [0.4, 0.5) is 17.6 Å². The highest BCUT2D eigenvalue weighted by Gasteiger charge is 2.32. The summed E-state index contributed by atoms with van der Waals surface area (Å²) >= 11 is 0. The molecule has 0 bridgehead atoms. The molecule has 0 aromatic carbocycles. The van der Waals surface area contributed by atoms with Crippen LogP contribution < -0.4 is 0 Å². The summed E-state index contributed by atoms with van der Waals surface area (Å²) < 4.78 is 52.3. The van der Waals surface area contributed by atoms with E-state index in [1.807, 2.05) is 0 Å². The van der Waals surface area contributed by atoms with E-state index in [2.05, 4.69) is 11.3 Å². The first kappa shape index (κ1) is 13.7. The Hall–Kier alpha value is -1.26. The fourth-order valence-corrected chi connectivity index (χ4v) is 0.777. The van der Waals surface area contributed by atoms with E-state index in [9.17, 15) is 17.6 Å². The van der Waals surface area contributed by atoms with E-state index < -0.39 is 17.9 Å². The quantitative estimate of drug-likeness (QED) is 0.300. The van der Waals surface area contributed by atoms with Gasteiger partial charge in [-0.3, -0.25) is 0 Å². The van der Waals surface area contributed by atoms with Gasteiger partial charge in [0.1, 0.15) is 5.83 Å². The summed E-state index contributed by atoms with van der Waals surface area (Å²) in [4.78, 5) is 0. The molecule has 0 aliphatic heterocycles. The number of allylic oxidation sites excluding steroid dienone is 4. The molecule has 5 heteroatoms. The fourth-order valence-electron chi connectivity index (χ4n) is 0.777. The van der Waals surface area contributed by atoms with Crippen LogP contribution in [-0.4, -0.2) is 6.36 Å². The predicted octanol–water partition coefficient (Wildman–Crippen LogP) is 4.25. The van der Waals surface area contributed by atoms with Gasteiger partial charge in [0.05, 0.1) is 0 Å². The van der Waals surface area contributed by atoms with Crippen LogP contribution in [-0.2, 0) is 4.74 Å². The molecule has 1 nitrogen and oxygen atoms in total. The fraction of sp³-hybridized carbons (Fsp3) is 0.400. The molecule has 0 aromatic rings. The summed E-state index contributed by atoms with van der Waals surface area (Å²) in [6.07, 6.45) is -3.03. The molecule has 0 rings (SSSR count). The number of halogens is 4. The highest BCUT2D eigenvalue weighted by molar-refractivity contribution is 5.20. The number of rotatable bonds is 4. The highest BCUT2D eigenvalue weighted by atomic mass is 19.4. The molecule has 0 amide bonds. The zero-order valence-electron chi connectivity index (χ0n) is 8.49. The van der Waals surface area contributed by atoms with Gasteiger partial charge in [-0.1, -0.05) is 11.6 Å². The molecular weight excluding hydrogens is 212 g/mol. The molecule has 0 spiro atoms. The molecular formula is C10H12F4O. The van der Waals surface area contributed by atoms with Gasteiger partial charge in [-0.2, -0.15) is 0 Å². The second kappa shape index (κ2) is 5.58. The monoisotopic (exact) mass is 224 g/mol. The molecule has 0 N–H and O–H groups in total. The smallest absolute Gasteiger partial charge is 0.403 e. The molecule has 0 aliphatic carbocycles. The van der Waals surface area contributed by atoms with Crippen molar-refractivity contribution in [3.05, 3.63) is 35.9 Å². The Labute approximate surface area is 85.7 Å². The van der Waals surface area contributed by atoms with Gasteiger partial charge < -0.3 is 4.74 Å². The molecule has 86 valence electrons. The van der Waals surface area contributed by atoms with E-state index in [0.717, 1.165) is 12.2 Å². The summed E-state index contributed by atoms with van der Waals surface area (Å²) in [7, 11) is 0. The van der Waals surface area contributed by atoms with Gasteiger partial charge in [-0.15, -0.1) is 19.8 Å². The van der Waals surface area contributed by atoms with Crippen molar-refractivity contribution in [3.8, 4) is 0 Å². The van der Waals surface area contributed by atoms with Crippen molar-refractivity contribution in [2.75, 3.05) is 0 Å². The highest BCUT2D eigenvalue weighted by Crippen LogP contribution is 2.25. The average molecular weight is 224 g/mol. The maximum Gasteiger partial charge on any atom is 0.573 e. The Morgan fingerprint density at radius 3 is 2.20 bits per heavy atom. The van der Waals surface area contributed by atoms with E-state index in [1.165, 1.54) is 0 Å². The maximum atomic E-state index is 13.1. The van der Waals surface area contributed by atoms with Crippen molar-refractivity contribution < 1.29 is 22.3 Å². The molecule has 0 aliphatic rings. The zero-order valence-corrected chi connectivity index (χ0v) is 8.49. The van der Waals surface area contributed by atoms with E-state index in [4.69, 9.17) is 0 Å². The molecule has 0 heterocycles. The molecule has 0 fully saturated rings. The first-order valence-electron chi connectivity index (χ1n) is 4.16. The van der Waals surface area contributed by atoms with Gasteiger partial charge >= 0.3 is 6.36 Å². The number of hydrogen-bond acceptors (Lipinski definition) is 1. The van der Waals surface area contributed by atoms with Gasteiger partial charge in [0.2, 0.25) is 0 Å². The Bertz CT molecular complexity index is 282. The third-order valence-electron chi connectivity index (χ3n) is 1.24. The van der Waals surface area contributed by atoms with Gasteiger partial charge in [0.15, 0.2) is 5.76 Å². The minimum Gasteiger partial charge on any atom is -0.403 e. The van der Waals surface area contributed by atoms with E-state index in [1.54, 1.807) is 13.8 Å². The second-order valence-electron chi connectivity index (χ2n) is 3.03. The van der Waals surface area contributed by atoms with E-state index in [-0.39, 0.29) is 6.42 Å². The molecule has 0 saturated carbocycles. The zero-order chi connectivity index (χ0) is 12.1. The minimum atomic E-state index is -4.89. The lowest BCUT2D eigenvalue weighted by Gasteiger charge is -2.10. The van der Waals surface area contributed by atoms with Crippen LogP contribution in [0.1, 0.15) is 20.3 Å². The number of ether oxygens (including phenoxy) is 1. The Kier molecular flexibility index (Phi) is 5.11. The van der Waals surface area contributed by atoms with Crippen LogP contribution in [0.15, 0.2) is 35.9 Å². The predicted molar refractivity (Wildman–Crippen MR) is 49.5 cm³/mol. The Balaban J connectivity index is 4.97. The van der Waals surface area contributed by atoms with Crippen molar-refractivity contribution in [1.29, 1.82) is 0 Å². The summed E-state index contributed by atoms with van der Waals surface area (Å²) in [6.45, 7) is 6.31. The van der Waals surface area contributed by atoms with Gasteiger partial charge in [-0.05, 0) is 19.9 Å². The molecule has 0 saturated heterocycles. The van der Waals surface area contributed by atoms with Crippen molar-refractivity contribution in [2.24, 2.45) is 0 Å². The standard InChI is InChI=1S/C10H12F4O/c1-4-5-8(11)9(6-7(2)3)15-10(12,13)14/h4,6H,1,5H2,2-3H3/b9-8-. The number of hydrogen-bond donors (Lipinski definition) is 0. The lowest BCUT2D eigenvalue weighted by Crippen LogP contribution is -2.13. The minimum absolute atomic E-state index is 0.296. The van der Waals surface area contributed by atoms with Crippen LogP contribution in [0, 0.1) is 0 Å². The third kappa shape index (κ3) is 6.76. The first-order chi connectivity index (χ1) is 6.76. The first-order valence-corrected chi connectivity index (χ1v) is 4.16. The van der Waals surface area contributed by atoms with E-state index in [0.29, 0.717) is 5.57 Å². The Morgan fingerprint density at radius 2 is 1.87 bits per heavy atom. The number of alkyl halides is 3. The van der Waals surface area contributed by atoms with Crippen LogP contribution in [0.5, 0.6) is 0 Å². The maximum absolute atomic E-state index is 13.1. The summed E-state index contributed by atoms with van der Waals surface area (Å²) in [6, 6.07) is 0. The lowest BCUT2D eigenvalue weighted by atomic mass is 10.2. The molecule has 0 aromatic heterocycles. The van der Waals surface area contributed by atoms with Crippen LogP contribution in [0.2, 0.25) is 0 Å². The molecule has 0 unspecified atom stereocenters. The molecule has 0 radical (unpaired) electrons. The average Bonchev–Trinajstić information content (AvgIpc) is 1.99. The van der Waals surface area contributed by atoms with Crippen molar-refractivity contribution in [1.82, 2.24) is 0 Å². The van der Waals surface area contributed by atoms with Gasteiger partial charge in [0, 0.05) is 6.42 Å². The second-order valence-corrected chi connectivity index (χ2v) is 3.03. The van der Waals surface area contributed by atoms with Crippen LogP contribution >= 0.6 is 0 Å². The SMILES string of the molecule is C=CC/C(F)=C(\C=C(C)C)OC(F)(F)F. The van der Waals surface area contributed by atoms with Crippen LogP contribution in [0.3, 0.4) is 0 Å². The molecule has 0 atom stereocenters. The Morgan fingerprint density at radius 1 is 1.33 bits per heavy atom. The van der Waals surface area contributed by atoms with Gasteiger partial charge in [-0.25, -0.2) is 4.39 Å². The van der Waals surface area contributed by atoms with Gasteiger partial charge in [0.25, 0.3) is 0 Å². The van der Waals surface area contributed by atoms with Crippen LogP contribution in [0.25, 0.3) is 0 Å². The van der Waals surface area contributed by atoms with Crippen molar-refractivity contribution in [2.45, 2.75) is 26.6 Å².